The summed E-state index contributed by atoms with van der Waals surface area (Å²) in [7, 11) is 2.14. The average Bonchev–Trinajstić information content (AvgIpc) is 3.10. The van der Waals surface area contributed by atoms with Crippen LogP contribution in [0.5, 0.6) is 5.88 Å². The molecule has 8 nitrogen and oxygen atoms in total. The van der Waals surface area contributed by atoms with E-state index in [-0.39, 0.29) is 59.1 Å². The summed E-state index contributed by atoms with van der Waals surface area (Å²) in [4.78, 5) is 20.2. The maximum Gasteiger partial charge on any atom is 1.00 e. The Labute approximate surface area is 221 Å². The number of hydrogen-bond donors (Lipinski definition) is 0. The van der Waals surface area contributed by atoms with E-state index in [1.54, 1.807) is 0 Å². The van der Waals surface area contributed by atoms with Crippen molar-refractivity contribution in [1.82, 2.24) is 13.6 Å². The van der Waals surface area contributed by atoms with Crippen molar-refractivity contribution in [3.8, 4) is 5.88 Å². The Balaban J connectivity index is 0. The molecular formula is C18H27N3Na2O5S. The van der Waals surface area contributed by atoms with Crippen LogP contribution < -0.4 is 74.1 Å². The van der Waals surface area contributed by atoms with E-state index in [2.05, 4.69) is 33.7 Å². The minimum Gasteiger partial charge on any atom is -0.543 e. The van der Waals surface area contributed by atoms with E-state index in [1.165, 1.54) is 49.4 Å². The third-order valence-corrected chi connectivity index (χ3v) is 4.52. The number of carboxylic acids is 2. The zero-order valence-electron chi connectivity index (χ0n) is 17.9. The van der Waals surface area contributed by atoms with Crippen LogP contribution in [0, 0.1) is 0 Å². The van der Waals surface area contributed by atoms with Crippen LogP contribution in [0.3, 0.4) is 0 Å². The van der Waals surface area contributed by atoms with Crippen molar-refractivity contribution in [3.63, 3.8) is 0 Å². The van der Waals surface area contributed by atoms with Gasteiger partial charge in [0.15, 0.2) is 0 Å². The fraction of sp³-hybridized carbons (Fsp3) is 0.667. The van der Waals surface area contributed by atoms with Gasteiger partial charge in [-0.1, -0.05) is 45.1 Å². The maximum atomic E-state index is 8.93. The van der Waals surface area contributed by atoms with E-state index in [4.69, 9.17) is 24.5 Å². The monoisotopic (exact) mass is 443 g/mol. The minimum atomic E-state index is -2.19. The van der Waals surface area contributed by atoms with Crippen molar-refractivity contribution in [1.29, 1.82) is 0 Å². The number of nitrogens with zero attached hydrogens (tertiary/aromatic N) is 3. The molecule has 11 heteroatoms. The first-order valence-electron chi connectivity index (χ1n) is 9.21. The molecule has 1 aromatic heterocycles. The van der Waals surface area contributed by atoms with E-state index in [0.29, 0.717) is 0 Å². The summed E-state index contributed by atoms with van der Waals surface area (Å²) in [6, 6.07) is 0. The van der Waals surface area contributed by atoms with Gasteiger partial charge in [0.2, 0.25) is 0 Å². The zero-order chi connectivity index (χ0) is 20.1. The molecule has 152 valence electrons. The van der Waals surface area contributed by atoms with Crippen LogP contribution in [0.25, 0.3) is 5.57 Å². The number of likely N-dealkylation sites (N-methyl/N-ethyl adjacent to an activating group) is 1. The summed E-state index contributed by atoms with van der Waals surface area (Å²) in [5.41, 5.74) is 2.22. The Hall–Kier alpha value is 0. The molecule has 0 aromatic carbocycles. The van der Waals surface area contributed by atoms with Gasteiger partial charge in [0.05, 0.1) is 30.3 Å². The molecule has 0 amide bonds. The smallest absolute Gasteiger partial charge is 0.543 e. The van der Waals surface area contributed by atoms with E-state index in [0.717, 1.165) is 44.1 Å². The number of carboxylic acid groups (broad SMARTS) is 2. The van der Waals surface area contributed by atoms with Crippen molar-refractivity contribution in [3.05, 3.63) is 11.8 Å². The predicted molar refractivity (Wildman–Crippen MR) is 98.9 cm³/mol. The largest absolute Gasteiger partial charge is 1.00 e. The zero-order valence-corrected chi connectivity index (χ0v) is 22.8. The number of hydrogen-bond acceptors (Lipinski definition) is 9. The summed E-state index contributed by atoms with van der Waals surface area (Å²) in [6.07, 6.45) is 11.0. The van der Waals surface area contributed by atoms with Gasteiger partial charge in [-0.3, -0.25) is 0 Å². The second-order valence-electron chi connectivity index (χ2n) is 6.36. The van der Waals surface area contributed by atoms with Crippen molar-refractivity contribution >= 4 is 29.2 Å². The molecule has 0 radical (unpaired) electrons. The number of aromatic nitrogens is 2. The Morgan fingerprint density at radius 3 is 2.31 bits per heavy atom. The van der Waals surface area contributed by atoms with Crippen molar-refractivity contribution in [2.45, 2.75) is 51.9 Å². The number of carbonyl (C=O) groups excluding carboxylic acids is 2. The molecule has 29 heavy (non-hydrogen) atoms. The first kappa shape index (κ1) is 31.2. The number of carbonyl (C=O) groups is 2. The van der Waals surface area contributed by atoms with Gasteiger partial charge in [0.25, 0.3) is 5.88 Å². The first-order valence-corrected chi connectivity index (χ1v) is 9.94. The normalized spacial score (nSPS) is 13.1. The third-order valence-electron chi connectivity index (χ3n) is 4.01. The number of aliphatic carboxylic acids is 2. The fourth-order valence-electron chi connectivity index (χ4n) is 2.59. The molecule has 1 aromatic rings. The molecule has 2 rings (SSSR count). The summed E-state index contributed by atoms with van der Waals surface area (Å²) >= 11 is 1.25. The molecule has 0 bridgehead atoms. The van der Waals surface area contributed by atoms with Gasteiger partial charge >= 0.3 is 59.1 Å². The number of ether oxygens (including phenoxy) is 1. The molecule has 0 spiro atoms. The van der Waals surface area contributed by atoms with Gasteiger partial charge < -0.3 is 29.4 Å². The molecule has 0 fully saturated rings. The van der Waals surface area contributed by atoms with E-state index < -0.39 is 11.9 Å². The van der Waals surface area contributed by atoms with Crippen LogP contribution in [0.15, 0.2) is 6.08 Å². The van der Waals surface area contributed by atoms with Crippen LogP contribution in [0.1, 0.15) is 57.6 Å². The van der Waals surface area contributed by atoms with Crippen LogP contribution in [-0.2, 0) is 9.59 Å². The predicted octanol–water partition coefficient (Wildman–Crippen LogP) is -5.51. The van der Waals surface area contributed by atoms with Gasteiger partial charge in [0.1, 0.15) is 5.69 Å². The molecule has 0 saturated heterocycles. The van der Waals surface area contributed by atoms with Gasteiger partial charge in [-0.05, 0) is 25.5 Å². The third kappa shape index (κ3) is 13.8. The standard InChI is InChI=1S/C16H27N3OS.C2H2O4.2Na/c1-3-4-5-6-7-8-12-20-16-15(17-21-18-16)14-10-9-11-19(2)13-14;3-1(4)2(5)6;;/h10H,3-9,11-13H2,1-2H3;(H,3,4)(H,5,6);;/q;;2*+1/p-2. The van der Waals surface area contributed by atoms with Gasteiger partial charge in [0, 0.05) is 13.1 Å². The Kier molecular flexibility index (Phi) is 20.2. The first-order chi connectivity index (χ1) is 13.0. The summed E-state index contributed by atoms with van der Waals surface area (Å²) in [5, 5.41) is 17.9. The molecule has 0 atom stereocenters. The number of rotatable bonds is 9. The van der Waals surface area contributed by atoms with Crippen LogP contribution in [0.2, 0.25) is 0 Å². The van der Waals surface area contributed by atoms with Gasteiger partial charge in [-0.25, -0.2) is 0 Å². The van der Waals surface area contributed by atoms with E-state index in [9.17, 15) is 0 Å². The Morgan fingerprint density at radius 1 is 1.10 bits per heavy atom. The Bertz CT molecular complexity index is 616. The van der Waals surface area contributed by atoms with Crippen LogP contribution in [0.4, 0.5) is 0 Å². The maximum absolute atomic E-state index is 8.93. The van der Waals surface area contributed by atoms with Crippen molar-refractivity contribution < 1.29 is 83.7 Å². The molecular weight excluding hydrogens is 416 g/mol. The van der Waals surface area contributed by atoms with Crippen molar-refractivity contribution in [2.24, 2.45) is 0 Å². The summed E-state index contributed by atoms with van der Waals surface area (Å²) < 4.78 is 14.6. The van der Waals surface area contributed by atoms with E-state index in [1.807, 2.05) is 0 Å². The Morgan fingerprint density at radius 2 is 1.72 bits per heavy atom. The summed E-state index contributed by atoms with van der Waals surface area (Å²) in [5.74, 6) is -3.64. The molecule has 0 N–H and O–H groups in total. The molecule has 0 aliphatic carbocycles. The van der Waals surface area contributed by atoms with Crippen molar-refractivity contribution in [2.75, 3.05) is 26.7 Å². The second-order valence-corrected chi connectivity index (χ2v) is 6.89. The van der Waals surface area contributed by atoms with E-state index >= 15 is 0 Å². The molecule has 0 saturated carbocycles. The molecule has 1 aliphatic rings. The van der Waals surface area contributed by atoms with Crippen LogP contribution in [-0.4, -0.2) is 52.3 Å². The van der Waals surface area contributed by atoms with Gasteiger partial charge in [-0.15, -0.1) is 4.37 Å². The topological polar surface area (TPSA) is 119 Å². The summed E-state index contributed by atoms with van der Waals surface area (Å²) in [6.45, 7) is 5.07. The quantitative estimate of drug-likeness (QED) is 0.211. The fourth-order valence-corrected chi connectivity index (χ4v) is 3.12. The SMILES string of the molecule is CCCCCCCCOc1nsnc1C1=CCCN(C)C1.O=C([O-])C(=O)[O-].[Na+].[Na+]. The molecule has 1 aliphatic heterocycles. The van der Waals surface area contributed by atoms with Crippen LogP contribution >= 0.6 is 11.7 Å². The van der Waals surface area contributed by atoms with Gasteiger partial charge in [-0.2, -0.15) is 4.37 Å². The molecule has 2 heterocycles. The molecule has 0 unspecified atom stereocenters. The minimum absolute atomic E-state index is 0. The number of unbranched alkanes of at least 4 members (excludes halogenated alkanes) is 5. The second kappa shape index (κ2) is 18.7. The average molecular weight is 443 g/mol.